The molecule has 5 nitrogen and oxygen atoms in total. The van der Waals surface area contributed by atoms with Crippen molar-refractivity contribution in [1.82, 2.24) is 9.62 Å². The average Bonchev–Trinajstić information content (AvgIpc) is 2.97. The van der Waals surface area contributed by atoms with E-state index in [0.29, 0.717) is 25.7 Å². The molecule has 0 unspecified atom stereocenters. The first-order valence-electron chi connectivity index (χ1n) is 7.35. The fourth-order valence-corrected chi connectivity index (χ4v) is 4.13. The second kappa shape index (κ2) is 7.24. The minimum atomic E-state index is -3.04. The van der Waals surface area contributed by atoms with E-state index >= 15 is 0 Å². The van der Waals surface area contributed by atoms with Crippen molar-refractivity contribution in [1.29, 1.82) is 0 Å². The molecule has 1 N–H and O–H groups in total. The Bertz CT molecular complexity index is 477. The normalized spacial score (nSPS) is 18.4. The van der Waals surface area contributed by atoms with E-state index in [1.807, 2.05) is 19.1 Å². The number of hydrogen-bond acceptors (Lipinski definition) is 4. The minimum Gasteiger partial charge on any atom is -0.468 e. The molecule has 1 aromatic rings. The van der Waals surface area contributed by atoms with Crippen LogP contribution in [0.4, 0.5) is 0 Å². The third-order valence-electron chi connectivity index (χ3n) is 3.75. The van der Waals surface area contributed by atoms with Crippen molar-refractivity contribution in [3.8, 4) is 0 Å². The van der Waals surface area contributed by atoms with Crippen LogP contribution in [-0.4, -0.2) is 37.6 Å². The van der Waals surface area contributed by atoms with Gasteiger partial charge in [0.25, 0.3) is 0 Å². The molecule has 0 aliphatic carbocycles. The van der Waals surface area contributed by atoms with Gasteiger partial charge in [-0.1, -0.05) is 13.3 Å². The van der Waals surface area contributed by atoms with Crippen LogP contribution < -0.4 is 5.32 Å². The second-order valence-corrected chi connectivity index (χ2v) is 7.39. The summed E-state index contributed by atoms with van der Waals surface area (Å²) in [5, 5.41) is 3.42. The van der Waals surface area contributed by atoms with Crippen LogP contribution in [0.15, 0.2) is 22.8 Å². The maximum atomic E-state index is 12.1. The Hall–Kier alpha value is -0.850. The summed E-state index contributed by atoms with van der Waals surface area (Å²) >= 11 is 0. The van der Waals surface area contributed by atoms with Gasteiger partial charge in [0.05, 0.1) is 18.6 Å². The molecule has 1 aromatic heterocycles. The van der Waals surface area contributed by atoms with Crippen LogP contribution in [0.3, 0.4) is 0 Å². The fourth-order valence-electron chi connectivity index (χ4n) is 2.45. The van der Waals surface area contributed by atoms with E-state index in [4.69, 9.17) is 4.42 Å². The molecule has 1 saturated heterocycles. The lowest BCUT2D eigenvalue weighted by molar-refractivity contribution is 0.283. The molecule has 0 amide bonds. The summed E-state index contributed by atoms with van der Waals surface area (Å²) in [5.41, 5.74) is 0. The summed E-state index contributed by atoms with van der Waals surface area (Å²) in [6.45, 7) is 3.98. The molecule has 1 aliphatic heterocycles. The topological polar surface area (TPSA) is 62.6 Å². The standard InChI is InChI=1S/C14H24N2O3S/c1-2-3-11-20(17,18)16-8-6-13(7-9-16)15-12-14-5-4-10-19-14/h4-5,10,13,15H,2-3,6-9,11-12H2,1H3. The molecule has 2 heterocycles. The third kappa shape index (κ3) is 4.33. The van der Waals surface area contributed by atoms with Crippen molar-refractivity contribution in [3.63, 3.8) is 0 Å². The zero-order valence-electron chi connectivity index (χ0n) is 12.0. The van der Waals surface area contributed by atoms with E-state index in [2.05, 4.69) is 5.32 Å². The van der Waals surface area contributed by atoms with Gasteiger partial charge >= 0.3 is 0 Å². The number of sulfonamides is 1. The molecule has 0 bridgehead atoms. The van der Waals surface area contributed by atoms with Gasteiger partial charge in [-0.15, -0.1) is 0 Å². The van der Waals surface area contributed by atoms with E-state index in [1.54, 1.807) is 10.6 Å². The molecule has 20 heavy (non-hydrogen) atoms. The molecular formula is C14H24N2O3S. The second-order valence-electron chi connectivity index (χ2n) is 5.30. The number of furan rings is 1. The van der Waals surface area contributed by atoms with Gasteiger partial charge in [-0.2, -0.15) is 0 Å². The first-order chi connectivity index (χ1) is 9.62. The molecule has 1 fully saturated rings. The zero-order chi connectivity index (χ0) is 14.4. The molecule has 1 aliphatic rings. The molecule has 6 heteroatoms. The lowest BCUT2D eigenvalue weighted by Gasteiger charge is -2.31. The quantitative estimate of drug-likeness (QED) is 0.836. The number of hydrogen-bond donors (Lipinski definition) is 1. The van der Waals surface area contributed by atoms with Crippen LogP contribution >= 0.6 is 0 Å². The predicted molar refractivity (Wildman–Crippen MR) is 78.8 cm³/mol. The number of rotatable bonds is 7. The SMILES string of the molecule is CCCCS(=O)(=O)N1CCC(NCc2ccco2)CC1. The van der Waals surface area contributed by atoms with Crippen molar-refractivity contribution in [2.24, 2.45) is 0 Å². The largest absolute Gasteiger partial charge is 0.468 e. The maximum Gasteiger partial charge on any atom is 0.214 e. The van der Waals surface area contributed by atoms with Gasteiger partial charge in [0, 0.05) is 19.1 Å². The monoisotopic (exact) mass is 300 g/mol. The molecule has 0 saturated carbocycles. The highest BCUT2D eigenvalue weighted by atomic mass is 32.2. The smallest absolute Gasteiger partial charge is 0.214 e. The molecule has 0 spiro atoms. The van der Waals surface area contributed by atoms with Crippen LogP contribution in [0.25, 0.3) is 0 Å². The number of nitrogens with one attached hydrogen (secondary N) is 1. The first-order valence-corrected chi connectivity index (χ1v) is 8.96. The molecule has 2 rings (SSSR count). The van der Waals surface area contributed by atoms with Crippen molar-refractivity contribution in [2.75, 3.05) is 18.8 Å². The summed E-state index contributed by atoms with van der Waals surface area (Å²) in [4.78, 5) is 0. The Labute approximate surface area is 121 Å². The highest BCUT2D eigenvalue weighted by Gasteiger charge is 2.27. The fraction of sp³-hybridized carbons (Fsp3) is 0.714. The van der Waals surface area contributed by atoms with E-state index in [1.165, 1.54) is 0 Å². The molecule has 0 aromatic carbocycles. The number of unbranched alkanes of at least 4 members (excludes halogenated alkanes) is 1. The third-order valence-corrected chi connectivity index (χ3v) is 5.70. The van der Waals surface area contributed by atoms with Crippen molar-refractivity contribution < 1.29 is 12.8 Å². The Kier molecular flexibility index (Phi) is 5.63. The number of nitrogens with zero attached hydrogens (tertiary/aromatic N) is 1. The Morgan fingerprint density at radius 3 is 2.75 bits per heavy atom. The molecular weight excluding hydrogens is 276 g/mol. The summed E-state index contributed by atoms with van der Waals surface area (Å²) in [6, 6.07) is 4.19. The van der Waals surface area contributed by atoms with E-state index < -0.39 is 10.0 Å². The van der Waals surface area contributed by atoms with Gasteiger partial charge < -0.3 is 9.73 Å². The van der Waals surface area contributed by atoms with E-state index in [-0.39, 0.29) is 5.75 Å². The van der Waals surface area contributed by atoms with Gasteiger partial charge in [-0.05, 0) is 31.4 Å². The lowest BCUT2D eigenvalue weighted by Crippen LogP contribution is -2.45. The van der Waals surface area contributed by atoms with E-state index in [0.717, 1.165) is 31.4 Å². The zero-order valence-corrected chi connectivity index (χ0v) is 12.9. The predicted octanol–water partition coefficient (Wildman–Crippen LogP) is 1.96. The van der Waals surface area contributed by atoms with Crippen LogP contribution in [0.1, 0.15) is 38.4 Å². The van der Waals surface area contributed by atoms with Gasteiger partial charge in [-0.25, -0.2) is 12.7 Å². The molecule has 0 atom stereocenters. The van der Waals surface area contributed by atoms with Crippen molar-refractivity contribution >= 4 is 10.0 Å². The highest BCUT2D eigenvalue weighted by molar-refractivity contribution is 7.89. The molecule has 0 radical (unpaired) electrons. The van der Waals surface area contributed by atoms with Gasteiger partial charge in [-0.3, -0.25) is 0 Å². The minimum absolute atomic E-state index is 0.286. The van der Waals surface area contributed by atoms with Crippen LogP contribution in [0.2, 0.25) is 0 Å². The van der Waals surface area contributed by atoms with Crippen molar-refractivity contribution in [3.05, 3.63) is 24.2 Å². The van der Waals surface area contributed by atoms with Crippen LogP contribution in [0.5, 0.6) is 0 Å². The summed E-state index contributed by atoms with van der Waals surface area (Å²) in [6.07, 6.45) is 5.07. The lowest BCUT2D eigenvalue weighted by atomic mass is 10.1. The average molecular weight is 300 g/mol. The number of piperidine rings is 1. The van der Waals surface area contributed by atoms with Gasteiger partial charge in [0.15, 0.2) is 0 Å². The van der Waals surface area contributed by atoms with Crippen molar-refractivity contribution in [2.45, 2.75) is 45.2 Å². The van der Waals surface area contributed by atoms with Gasteiger partial charge in [0.1, 0.15) is 5.76 Å². The first kappa shape index (κ1) is 15.5. The summed E-state index contributed by atoms with van der Waals surface area (Å²) in [5.74, 6) is 1.21. The maximum absolute atomic E-state index is 12.1. The Morgan fingerprint density at radius 1 is 1.40 bits per heavy atom. The summed E-state index contributed by atoms with van der Waals surface area (Å²) in [7, 11) is -3.04. The Morgan fingerprint density at radius 2 is 2.15 bits per heavy atom. The highest BCUT2D eigenvalue weighted by Crippen LogP contribution is 2.16. The van der Waals surface area contributed by atoms with Crippen LogP contribution in [-0.2, 0) is 16.6 Å². The van der Waals surface area contributed by atoms with Gasteiger partial charge in [0.2, 0.25) is 10.0 Å². The molecule has 114 valence electrons. The Balaban J connectivity index is 1.74. The van der Waals surface area contributed by atoms with Crippen LogP contribution in [0, 0.1) is 0 Å². The van der Waals surface area contributed by atoms with E-state index in [9.17, 15) is 8.42 Å². The summed E-state index contributed by atoms with van der Waals surface area (Å²) < 4.78 is 31.1.